The highest BCUT2D eigenvalue weighted by atomic mass is 16.5. The second-order valence-corrected chi connectivity index (χ2v) is 6.85. The van der Waals surface area contributed by atoms with Gasteiger partial charge in [0.2, 0.25) is 5.91 Å². The molecule has 0 fully saturated rings. The lowest BCUT2D eigenvalue weighted by Gasteiger charge is -2.29. The summed E-state index contributed by atoms with van der Waals surface area (Å²) in [7, 11) is -1.27. The molecule has 1 heterocycles. The van der Waals surface area contributed by atoms with Crippen LogP contribution in [0.2, 0.25) is 0 Å². The zero-order chi connectivity index (χ0) is 21.0. The Balaban J connectivity index is 1.65. The van der Waals surface area contributed by atoms with Crippen LogP contribution in [-0.4, -0.2) is 48.0 Å². The average molecular weight is 398 g/mol. The minimum Gasteiger partial charge on any atom is -0.534 e. The summed E-state index contributed by atoms with van der Waals surface area (Å²) < 4.78 is 10.8. The summed E-state index contributed by atoms with van der Waals surface area (Å²) in [4.78, 5) is 24.1. The van der Waals surface area contributed by atoms with E-state index in [1.165, 1.54) is 13.0 Å². The zero-order valence-electron chi connectivity index (χ0n) is 16.1. The maximum Gasteiger partial charge on any atom is 0.547 e. The number of ketones is 1. The fourth-order valence-electron chi connectivity index (χ4n) is 3.23. The fourth-order valence-corrected chi connectivity index (χ4v) is 3.23. The highest BCUT2D eigenvalue weighted by Gasteiger charge is 2.37. The molecule has 8 nitrogen and oxygen atoms in total. The summed E-state index contributed by atoms with van der Waals surface area (Å²) in [6.45, 7) is 2.03. The van der Waals surface area contributed by atoms with Crippen molar-refractivity contribution in [2.75, 3.05) is 13.2 Å². The molecule has 9 heteroatoms. The first-order valence-electron chi connectivity index (χ1n) is 9.30. The van der Waals surface area contributed by atoms with E-state index in [1.54, 1.807) is 30.3 Å². The number of carbonyl (C=O) groups excluding carboxylic acids is 2. The molecule has 0 spiro atoms. The number of phenols is 1. The van der Waals surface area contributed by atoms with E-state index >= 15 is 0 Å². The van der Waals surface area contributed by atoms with Gasteiger partial charge in [0.25, 0.3) is 0 Å². The second-order valence-electron chi connectivity index (χ2n) is 6.85. The van der Waals surface area contributed by atoms with Crippen LogP contribution in [0, 0.1) is 0 Å². The minimum atomic E-state index is -1.27. The summed E-state index contributed by atoms with van der Waals surface area (Å²) in [5, 5.41) is 23.0. The van der Waals surface area contributed by atoms with Gasteiger partial charge < -0.3 is 30.6 Å². The van der Waals surface area contributed by atoms with Crippen LogP contribution in [0.25, 0.3) is 0 Å². The third-order valence-electron chi connectivity index (χ3n) is 4.61. The number of Topliss-reactive ketones (excluding diaryl/α,β-unsaturated/α-hetero) is 1. The van der Waals surface area contributed by atoms with E-state index in [0.29, 0.717) is 35.6 Å². The van der Waals surface area contributed by atoms with Crippen molar-refractivity contribution in [3.63, 3.8) is 0 Å². The number of ether oxygens (including phenoxy) is 1. The second kappa shape index (κ2) is 8.98. The molecule has 5 N–H and O–H groups in total. The lowest BCUT2D eigenvalue weighted by molar-refractivity contribution is -0.120. The van der Waals surface area contributed by atoms with Gasteiger partial charge in [-0.2, -0.15) is 0 Å². The molecule has 0 bridgehead atoms. The van der Waals surface area contributed by atoms with Gasteiger partial charge in [0.1, 0.15) is 12.4 Å². The molecule has 0 aliphatic carbocycles. The number of fused-ring (bicyclic) bond motifs is 1. The molecular weight excluding hydrogens is 375 g/mol. The number of hydrogen-bond acceptors (Lipinski definition) is 7. The van der Waals surface area contributed by atoms with Gasteiger partial charge in [-0.25, -0.2) is 0 Å². The quantitative estimate of drug-likeness (QED) is 0.397. The van der Waals surface area contributed by atoms with Crippen LogP contribution in [-0.2, 0) is 17.6 Å². The van der Waals surface area contributed by atoms with Crippen molar-refractivity contribution < 1.29 is 29.1 Å². The van der Waals surface area contributed by atoms with E-state index in [9.17, 15) is 19.7 Å². The third-order valence-corrected chi connectivity index (χ3v) is 4.61. The molecule has 0 saturated carbocycles. The van der Waals surface area contributed by atoms with Crippen molar-refractivity contribution in [3.05, 3.63) is 53.1 Å². The molecule has 1 aliphatic heterocycles. The van der Waals surface area contributed by atoms with Gasteiger partial charge in [0.15, 0.2) is 17.3 Å². The molecule has 1 atom stereocenters. The van der Waals surface area contributed by atoms with Crippen molar-refractivity contribution in [3.8, 4) is 17.2 Å². The number of amides is 1. The highest BCUT2D eigenvalue weighted by molar-refractivity contribution is 6.47. The first-order chi connectivity index (χ1) is 13.9. The van der Waals surface area contributed by atoms with Crippen molar-refractivity contribution in [2.24, 2.45) is 5.73 Å². The molecular formula is C20H23BN2O6. The average Bonchev–Trinajstić information content (AvgIpc) is 2.67. The van der Waals surface area contributed by atoms with E-state index in [0.717, 1.165) is 5.56 Å². The molecule has 3 rings (SSSR count). The number of benzene rings is 2. The Morgan fingerprint density at radius 2 is 2.14 bits per heavy atom. The molecule has 0 saturated heterocycles. The van der Waals surface area contributed by atoms with E-state index in [2.05, 4.69) is 5.32 Å². The summed E-state index contributed by atoms with van der Waals surface area (Å²) in [6.07, 6.45) is 0.342. The van der Waals surface area contributed by atoms with Gasteiger partial charge in [0, 0.05) is 6.54 Å². The number of phenolic OH excluding ortho intramolecular Hbond substituents is 1. The Morgan fingerprint density at radius 3 is 2.83 bits per heavy atom. The van der Waals surface area contributed by atoms with Crippen LogP contribution in [0.1, 0.15) is 28.4 Å². The van der Waals surface area contributed by atoms with Gasteiger partial charge in [-0.05, 0) is 42.7 Å². The molecule has 0 aromatic heterocycles. The summed E-state index contributed by atoms with van der Waals surface area (Å²) >= 11 is 0. The monoisotopic (exact) mass is 398 g/mol. The summed E-state index contributed by atoms with van der Waals surface area (Å²) in [5.74, 6) is -0.563. The topological polar surface area (TPSA) is 131 Å². The Labute approximate surface area is 168 Å². The van der Waals surface area contributed by atoms with Crippen LogP contribution in [0.4, 0.5) is 0 Å². The van der Waals surface area contributed by atoms with Crippen molar-refractivity contribution in [1.29, 1.82) is 0 Å². The fraction of sp³-hybridized carbons (Fsp3) is 0.300. The highest BCUT2D eigenvalue weighted by Crippen LogP contribution is 2.30. The molecule has 0 radical (unpaired) electrons. The molecule has 0 unspecified atom stereocenters. The first kappa shape index (κ1) is 20.7. The minimum absolute atomic E-state index is 0.00823. The summed E-state index contributed by atoms with van der Waals surface area (Å²) in [5.41, 5.74) is 7.10. The zero-order valence-corrected chi connectivity index (χ0v) is 16.1. The normalized spacial score (nSPS) is 15.3. The number of nitrogens with two attached hydrogens (primary N) is 1. The van der Waals surface area contributed by atoms with Gasteiger partial charge in [-0.15, -0.1) is 0 Å². The van der Waals surface area contributed by atoms with Crippen LogP contribution >= 0.6 is 0 Å². The maximum absolute atomic E-state index is 12.4. The summed E-state index contributed by atoms with van der Waals surface area (Å²) in [6, 6.07) is 9.88. The molecule has 2 aromatic rings. The largest absolute Gasteiger partial charge is 0.547 e. The van der Waals surface area contributed by atoms with Crippen molar-refractivity contribution in [2.45, 2.75) is 25.7 Å². The van der Waals surface area contributed by atoms with E-state index in [-0.39, 0.29) is 30.5 Å². The molecule has 1 aliphatic rings. The Kier molecular flexibility index (Phi) is 6.41. The number of para-hydroxylation sites is 1. The van der Waals surface area contributed by atoms with E-state index < -0.39 is 13.1 Å². The predicted octanol–water partition coefficient (Wildman–Crippen LogP) is 0.614. The van der Waals surface area contributed by atoms with E-state index in [4.69, 9.17) is 15.1 Å². The van der Waals surface area contributed by atoms with Crippen molar-refractivity contribution in [1.82, 2.24) is 5.32 Å². The smallest absolute Gasteiger partial charge is 0.534 e. The molecule has 152 valence electrons. The number of nitrogens with one attached hydrogen (secondary N) is 1. The van der Waals surface area contributed by atoms with E-state index in [1.807, 2.05) is 0 Å². The lowest BCUT2D eigenvalue weighted by atomic mass is 9.72. The SMILES string of the molecule is CC(=O)c1cccc2c1OB(O)[C@@H](NC(=O)Cc1ccc(OCCN)c(O)c1)C2. The van der Waals surface area contributed by atoms with Gasteiger partial charge in [-0.3, -0.25) is 9.59 Å². The lowest BCUT2D eigenvalue weighted by Crippen LogP contribution is -2.53. The van der Waals surface area contributed by atoms with Crippen LogP contribution < -0.4 is 20.4 Å². The number of aromatic hydroxyl groups is 1. The number of hydrogen-bond donors (Lipinski definition) is 4. The first-order valence-corrected chi connectivity index (χ1v) is 9.30. The number of carbonyl (C=O) groups is 2. The van der Waals surface area contributed by atoms with Crippen LogP contribution in [0.3, 0.4) is 0 Å². The van der Waals surface area contributed by atoms with Crippen LogP contribution in [0.5, 0.6) is 17.2 Å². The Hall–Kier alpha value is -3.04. The Bertz CT molecular complexity index is 920. The predicted molar refractivity (Wildman–Crippen MR) is 107 cm³/mol. The third kappa shape index (κ3) is 4.88. The van der Waals surface area contributed by atoms with Crippen LogP contribution in [0.15, 0.2) is 36.4 Å². The number of rotatable bonds is 7. The maximum atomic E-state index is 12.4. The molecule has 1 amide bonds. The molecule has 2 aromatic carbocycles. The van der Waals surface area contributed by atoms with Gasteiger partial charge >= 0.3 is 7.12 Å². The van der Waals surface area contributed by atoms with Gasteiger partial charge in [-0.1, -0.05) is 18.2 Å². The standard InChI is InChI=1S/C20H23BN2O6/c1-12(24)15-4-2-3-14-11-18(21(27)29-20(14)15)23-19(26)10-13-5-6-17(16(25)9-13)28-8-7-22/h2-6,9,18,25,27H,7-8,10-11,22H2,1H3,(H,23,26)/t18-/m0/s1. The molecule has 29 heavy (non-hydrogen) atoms. The van der Waals surface area contributed by atoms with Gasteiger partial charge in [0.05, 0.1) is 17.9 Å². The van der Waals surface area contributed by atoms with Crippen molar-refractivity contribution >= 4 is 18.8 Å². The Morgan fingerprint density at radius 1 is 1.34 bits per heavy atom.